The minimum atomic E-state index is -1.77. The van der Waals surface area contributed by atoms with E-state index in [2.05, 4.69) is 10.6 Å². The number of benzene rings is 1. The summed E-state index contributed by atoms with van der Waals surface area (Å²) in [7, 11) is 1.41. The Morgan fingerprint density at radius 3 is 2.39 bits per heavy atom. The quantitative estimate of drug-likeness (QED) is 0.465. The number of halogens is 1. The Bertz CT molecular complexity index is 1320. The molecule has 0 bridgehead atoms. The molecule has 2 saturated heterocycles. The van der Waals surface area contributed by atoms with Gasteiger partial charge in [-0.05, 0) is 58.9 Å². The lowest BCUT2D eigenvalue weighted by Gasteiger charge is -2.40. The van der Waals surface area contributed by atoms with Crippen molar-refractivity contribution in [3.8, 4) is 5.75 Å². The van der Waals surface area contributed by atoms with E-state index in [1.165, 1.54) is 23.8 Å². The van der Waals surface area contributed by atoms with Crippen LogP contribution in [0.1, 0.15) is 78.8 Å². The fraction of sp³-hybridized carbons (Fsp3) is 0.667. The highest BCUT2D eigenvalue weighted by molar-refractivity contribution is 5.95. The van der Waals surface area contributed by atoms with E-state index in [9.17, 15) is 28.4 Å². The molecule has 4 rings (SSSR count). The van der Waals surface area contributed by atoms with Gasteiger partial charge in [-0.1, -0.05) is 32.0 Å². The number of alkyl halides is 1. The Hall–Kier alpha value is -3.90. The summed E-state index contributed by atoms with van der Waals surface area (Å²) in [4.78, 5) is 71.3. The zero-order valence-electron chi connectivity index (χ0n) is 27.9. The summed E-state index contributed by atoms with van der Waals surface area (Å²) in [6.07, 6.45) is -0.645. The molecule has 3 aliphatic rings. The van der Waals surface area contributed by atoms with E-state index in [1.54, 1.807) is 34.6 Å². The van der Waals surface area contributed by atoms with Crippen molar-refractivity contribution < 1.29 is 37.8 Å². The van der Waals surface area contributed by atoms with E-state index in [0.717, 1.165) is 10.5 Å². The molecule has 1 aromatic rings. The number of para-hydroxylation sites is 1. The number of hydrogen-bond acceptors (Lipinski definition) is 7. The summed E-state index contributed by atoms with van der Waals surface area (Å²) in [5.41, 5.74) is 0.0774. The van der Waals surface area contributed by atoms with Gasteiger partial charge in [-0.15, -0.1) is 0 Å². The minimum Gasteiger partial charge on any atom is -0.493 e. The topological polar surface area (TPSA) is 138 Å². The molecular formula is C33H48FN5O7. The van der Waals surface area contributed by atoms with Crippen LogP contribution >= 0.6 is 0 Å². The number of hydrogen-bond donors (Lipinski definition) is 2. The van der Waals surface area contributed by atoms with Gasteiger partial charge in [0.15, 0.2) is 6.17 Å². The Labute approximate surface area is 270 Å². The van der Waals surface area contributed by atoms with Crippen molar-refractivity contribution in [2.24, 2.45) is 5.92 Å². The SMILES string of the molecule is CC(C)[C@@H](F)C(=O)N1CC[C@H]2CC[C@@H](C(=O)N[C@@H]3CCOc4ccccc43)N2C(=O)[C@@H](NC(=O)[C@H](C)N(C)C(=O)OC(C)(C)C)C1. The van der Waals surface area contributed by atoms with Crippen molar-refractivity contribution >= 4 is 29.7 Å². The first kappa shape index (κ1) is 35.0. The summed E-state index contributed by atoms with van der Waals surface area (Å²) in [6, 6.07) is 3.72. The first-order valence-electron chi connectivity index (χ1n) is 16.1. The molecule has 46 heavy (non-hydrogen) atoms. The van der Waals surface area contributed by atoms with Crippen LogP contribution < -0.4 is 15.4 Å². The van der Waals surface area contributed by atoms with Gasteiger partial charge in [0.25, 0.3) is 5.91 Å². The summed E-state index contributed by atoms with van der Waals surface area (Å²) >= 11 is 0. The first-order chi connectivity index (χ1) is 21.6. The van der Waals surface area contributed by atoms with E-state index >= 15 is 0 Å². The van der Waals surface area contributed by atoms with Gasteiger partial charge in [-0.3, -0.25) is 24.1 Å². The Morgan fingerprint density at radius 1 is 1.02 bits per heavy atom. The van der Waals surface area contributed by atoms with Crippen LogP contribution in [-0.4, -0.2) is 107 Å². The second-order valence-corrected chi connectivity index (χ2v) is 13.8. The number of rotatable bonds is 7. The highest BCUT2D eigenvalue weighted by atomic mass is 19.1. The standard InChI is InChI=1S/C33H48FN5O7/c1-19(2)27(34)31(43)38-16-14-21-12-13-25(29(41)35-23-15-17-45-26-11-9-8-10-22(23)26)39(21)30(42)24(18-38)36-28(40)20(3)37(7)32(44)46-33(4,5)6/h8-11,19-21,23-25,27H,12-18H2,1-7H3,(H,35,41)(H,36,40)/t20-,21+,23+,24-,25-,27+/m0/s1. The maximum absolute atomic E-state index is 15.0. The number of likely N-dealkylation sites (N-methyl/N-ethyl adjacent to an activating group) is 1. The average molecular weight is 646 g/mol. The summed E-state index contributed by atoms with van der Waals surface area (Å²) in [5, 5.41) is 5.82. The zero-order valence-corrected chi connectivity index (χ0v) is 27.9. The van der Waals surface area contributed by atoms with Gasteiger partial charge in [-0.25, -0.2) is 9.18 Å². The molecule has 254 valence electrons. The van der Waals surface area contributed by atoms with Crippen LogP contribution in [0.4, 0.5) is 9.18 Å². The molecule has 0 aromatic heterocycles. The molecule has 2 fully saturated rings. The number of fused-ring (bicyclic) bond motifs is 2. The highest BCUT2D eigenvalue weighted by Gasteiger charge is 2.47. The van der Waals surface area contributed by atoms with Crippen LogP contribution in [0.3, 0.4) is 0 Å². The third-order valence-corrected chi connectivity index (χ3v) is 8.86. The molecule has 2 N–H and O–H groups in total. The van der Waals surface area contributed by atoms with Crippen LogP contribution in [0.15, 0.2) is 24.3 Å². The lowest BCUT2D eigenvalue weighted by Crippen LogP contribution is -2.63. The predicted octanol–water partition coefficient (Wildman–Crippen LogP) is 2.95. The minimum absolute atomic E-state index is 0.155. The van der Waals surface area contributed by atoms with Crippen LogP contribution in [-0.2, 0) is 23.9 Å². The lowest BCUT2D eigenvalue weighted by atomic mass is 10.00. The van der Waals surface area contributed by atoms with Gasteiger partial charge in [-0.2, -0.15) is 0 Å². The predicted molar refractivity (Wildman–Crippen MR) is 167 cm³/mol. The van der Waals surface area contributed by atoms with Gasteiger partial charge < -0.3 is 29.9 Å². The van der Waals surface area contributed by atoms with E-state index in [0.29, 0.717) is 38.0 Å². The summed E-state index contributed by atoms with van der Waals surface area (Å²) in [5.74, 6) is -2.12. The van der Waals surface area contributed by atoms with Crippen LogP contribution in [0, 0.1) is 5.92 Å². The number of carbonyl (C=O) groups is 5. The lowest BCUT2D eigenvalue weighted by molar-refractivity contribution is -0.149. The molecule has 3 aliphatic heterocycles. The average Bonchev–Trinajstić information content (AvgIpc) is 3.42. The zero-order chi connectivity index (χ0) is 33.9. The molecule has 3 heterocycles. The fourth-order valence-corrected chi connectivity index (χ4v) is 6.12. The third-order valence-electron chi connectivity index (χ3n) is 8.86. The van der Waals surface area contributed by atoms with E-state index in [4.69, 9.17) is 9.47 Å². The Balaban J connectivity index is 1.57. The molecule has 6 atom stereocenters. The maximum Gasteiger partial charge on any atom is 0.410 e. The fourth-order valence-electron chi connectivity index (χ4n) is 6.12. The second kappa shape index (κ2) is 14.3. The van der Waals surface area contributed by atoms with Crippen LogP contribution in [0.5, 0.6) is 5.75 Å². The molecular weight excluding hydrogens is 597 g/mol. The van der Waals surface area contributed by atoms with E-state index in [-0.39, 0.29) is 31.1 Å². The molecule has 0 radical (unpaired) electrons. The number of carbonyl (C=O) groups excluding carboxylic acids is 5. The molecule has 13 heteroatoms. The van der Waals surface area contributed by atoms with Crippen molar-refractivity contribution in [2.75, 3.05) is 26.7 Å². The first-order valence-corrected chi connectivity index (χ1v) is 16.1. The third kappa shape index (κ3) is 7.90. The summed E-state index contributed by atoms with van der Waals surface area (Å²) in [6.45, 7) is 10.1. The second-order valence-electron chi connectivity index (χ2n) is 13.8. The largest absolute Gasteiger partial charge is 0.493 e. The van der Waals surface area contributed by atoms with Gasteiger partial charge in [0.1, 0.15) is 29.5 Å². The summed E-state index contributed by atoms with van der Waals surface area (Å²) < 4.78 is 26.1. The molecule has 0 saturated carbocycles. The van der Waals surface area contributed by atoms with Crippen molar-refractivity contribution in [3.63, 3.8) is 0 Å². The van der Waals surface area contributed by atoms with Crippen LogP contribution in [0.2, 0.25) is 0 Å². The molecule has 0 aliphatic carbocycles. The number of ether oxygens (including phenoxy) is 2. The van der Waals surface area contributed by atoms with Crippen molar-refractivity contribution in [2.45, 2.75) is 109 Å². The van der Waals surface area contributed by atoms with Gasteiger partial charge in [0.2, 0.25) is 17.7 Å². The van der Waals surface area contributed by atoms with Crippen molar-refractivity contribution in [1.82, 2.24) is 25.3 Å². The highest BCUT2D eigenvalue weighted by Crippen LogP contribution is 2.34. The normalized spacial score (nSPS) is 24.4. The van der Waals surface area contributed by atoms with E-state index < -0.39 is 59.6 Å². The van der Waals surface area contributed by atoms with Gasteiger partial charge in [0, 0.05) is 31.6 Å². The smallest absolute Gasteiger partial charge is 0.410 e. The van der Waals surface area contributed by atoms with E-state index in [1.807, 2.05) is 24.3 Å². The van der Waals surface area contributed by atoms with Crippen molar-refractivity contribution in [1.29, 1.82) is 0 Å². The van der Waals surface area contributed by atoms with Crippen LogP contribution in [0.25, 0.3) is 0 Å². The molecule has 5 amide bonds. The molecule has 1 aromatic carbocycles. The number of amides is 5. The molecule has 12 nitrogen and oxygen atoms in total. The number of nitrogens with one attached hydrogen (secondary N) is 2. The maximum atomic E-state index is 15.0. The molecule has 0 unspecified atom stereocenters. The Morgan fingerprint density at radius 2 is 1.72 bits per heavy atom. The van der Waals surface area contributed by atoms with Gasteiger partial charge >= 0.3 is 6.09 Å². The van der Waals surface area contributed by atoms with Gasteiger partial charge in [0.05, 0.1) is 19.2 Å². The van der Waals surface area contributed by atoms with Crippen molar-refractivity contribution in [3.05, 3.63) is 29.8 Å². The monoisotopic (exact) mass is 645 g/mol. The Kier molecular flexibility index (Phi) is 10.8. The molecule has 0 spiro atoms. The number of nitrogens with zero attached hydrogens (tertiary/aromatic N) is 3.